The zero-order valence-electron chi connectivity index (χ0n) is 76.1. The average Bonchev–Trinajstić information content (AvgIpc) is 1.68. The van der Waals surface area contributed by atoms with Gasteiger partial charge in [-0.15, -0.1) is 0 Å². The number of anilines is 4. The van der Waals surface area contributed by atoms with Gasteiger partial charge in [0.25, 0.3) is 40.1 Å². The van der Waals surface area contributed by atoms with Gasteiger partial charge in [-0.25, -0.2) is 71.7 Å². The molecule has 4 heterocycles. The average molecular weight is 2040 g/mol. The number of likely N-dealkylation sites (N-methyl/N-ethyl adjacent to an activating group) is 4. The fourth-order valence-electron chi connectivity index (χ4n) is 14.2. The van der Waals surface area contributed by atoms with Gasteiger partial charge in [-0.2, -0.15) is 0 Å². The number of aryl methyl sites for hydroxylation is 1. The van der Waals surface area contributed by atoms with Crippen LogP contribution >= 0.6 is 23.2 Å². The van der Waals surface area contributed by atoms with E-state index in [1.807, 2.05) is 123 Å². The summed E-state index contributed by atoms with van der Waals surface area (Å²) in [6.07, 6.45) is 0.578. The van der Waals surface area contributed by atoms with Crippen molar-refractivity contribution in [1.29, 1.82) is 0 Å². The number of nitrogens with one attached hydrogen (secondary N) is 8. The summed E-state index contributed by atoms with van der Waals surface area (Å²) >= 11 is 11.8. The Hall–Kier alpha value is -15.8. The summed E-state index contributed by atoms with van der Waals surface area (Å²) in [6, 6.07) is 70.9. The number of hydrogen-bond acceptors (Lipinski definition) is 25. The number of nitrogens with zero attached hydrogens (tertiary/aromatic N) is 4. The first kappa shape index (κ1) is 103. The monoisotopic (exact) mass is 2040 g/mol. The zero-order valence-corrected chi connectivity index (χ0v) is 80.8. The van der Waals surface area contributed by atoms with Gasteiger partial charge in [-0.1, -0.05) is 174 Å². The van der Waals surface area contributed by atoms with Crippen LogP contribution in [0, 0.1) is 6.92 Å². The van der Waals surface area contributed by atoms with Crippen LogP contribution in [0.1, 0.15) is 27.8 Å². The summed E-state index contributed by atoms with van der Waals surface area (Å²) in [5.74, 6) is 2.97. The first-order valence-electron chi connectivity index (χ1n) is 42.9. The van der Waals surface area contributed by atoms with E-state index in [2.05, 4.69) is 21.3 Å². The third-order valence-electron chi connectivity index (χ3n) is 21.7. The number of urea groups is 4. The molecule has 0 fully saturated rings. The van der Waals surface area contributed by atoms with Crippen LogP contribution < -0.4 is 102 Å². The van der Waals surface area contributed by atoms with E-state index in [1.54, 1.807) is 143 Å². The van der Waals surface area contributed by atoms with Crippen LogP contribution in [0.2, 0.25) is 10.0 Å². The molecule has 0 aliphatic carbocycles. The van der Waals surface area contributed by atoms with Gasteiger partial charge >= 0.3 is 24.1 Å². The minimum Gasteiger partial charge on any atom is -0.497 e. The molecule has 4 aliphatic heterocycles. The fraction of sp³-hybridized carbons (Fsp3) is 0.184. The summed E-state index contributed by atoms with van der Waals surface area (Å²) in [5.41, 5.74) is 6.12. The minimum atomic E-state index is -4.26. The predicted octanol–water partition coefficient (Wildman–Crippen LogP) is 12.3. The van der Waals surface area contributed by atoms with E-state index in [0.29, 0.717) is 79.5 Å². The lowest BCUT2D eigenvalue weighted by Gasteiger charge is -2.25. The second-order valence-corrected chi connectivity index (χ2v) is 38.9. The van der Waals surface area contributed by atoms with Crippen LogP contribution in [0.4, 0.5) is 41.9 Å². The third-order valence-corrected chi connectivity index (χ3v) is 27.8. The molecular weight excluding hydrogens is 1940 g/mol. The maximum absolute atomic E-state index is 13.4. The number of benzene rings is 12. The maximum Gasteiger partial charge on any atom is 0.329 e. The molecule has 37 nitrogen and oxygen atoms in total. The molecule has 0 radical (unpaired) electrons. The van der Waals surface area contributed by atoms with Gasteiger partial charge in [0.15, 0.2) is 46.0 Å². The Morgan fingerprint density at radius 3 is 0.816 bits per heavy atom. The number of fused-ring (bicyclic) bond motifs is 4. The molecule has 12 aromatic carbocycles. The van der Waals surface area contributed by atoms with Crippen molar-refractivity contribution in [1.82, 2.24) is 40.2 Å². The number of hydrogen-bond donors (Lipinski definition) is 8. The second kappa shape index (κ2) is 46.6. The van der Waals surface area contributed by atoms with Gasteiger partial charge in [-0.05, 0) is 151 Å². The van der Waals surface area contributed by atoms with Crippen molar-refractivity contribution in [3.63, 3.8) is 0 Å². The van der Waals surface area contributed by atoms with Gasteiger partial charge in [-0.3, -0.25) is 19.2 Å². The largest absolute Gasteiger partial charge is 0.497 e. The highest BCUT2D eigenvalue weighted by Gasteiger charge is 2.35. The number of halogens is 2. The van der Waals surface area contributed by atoms with Crippen LogP contribution in [-0.4, -0.2) is 168 Å². The molecule has 0 saturated heterocycles. The van der Waals surface area contributed by atoms with E-state index in [0.717, 1.165) is 27.8 Å². The highest BCUT2D eigenvalue weighted by atomic mass is 35.5. The Morgan fingerprint density at radius 1 is 0.305 bits per heavy atom. The third kappa shape index (κ3) is 27.6. The van der Waals surface area contributed by atoms with Gasteiger partial charge in [0, 0.05) is 106 Å². The smallest absolute Gasteiger partial charge is 0.329 e. The van der Waals surface area contributed by atoms with Crippen molar-refractivity contribution in [2.45, 2.75) is 76.4 Å². The Balaban J connectivity index is 0.000000158. The van der Waals surface area contributed by atoms with Gasteiger partial charge in [0.1, 0.15) is 34.8 Å². The van der Waals surface area contributed by atoms with Crippen LogP contribution in [0.3, 0.4) is 0 Å². The Morgan fingerprint density at radius 2 is 0.546 bits per heavy atom. The number of amides is 12. The summed E-state index contributed by atoms with van der Waals surface area (Å²) in [5, 5.41) is 10.4. The quantitative estimate of drug-likeness (QED) is 0.0216. The van der Waals surface area contributed by atoms with E-state index in [9.17, 15) is 72.0 Å². The molecule has 12 amide bonds. The van der Waals surface area contributed by atoms with E-state index in [1.165, 1.54) is 106 Å². The normalized spacial score (nSPS) is 13.0. The Labute approximate surface area is 822 Å². The lowest BCUT2D eigenvalue weighted by atomic mass is 10.0. The molecule has 0 spiro atoms. The number of methoxy groups -OCH3 is 1. The van der Waals surface area contributed by atoms with E-state index >= 15 is 0 Å². The molecule has 734 valence electrons. The summed E-state index contributed by atoms with van der Waals surface area (Å²) < 4.78 is 157. The number of carbonyl (C=O) groups is 8. The Bertz CT molecular complexity index is 6820. The van der Waals surface area contributed by atoms with Gasteiger partial charge < -0.3 is 83.5 Å². The van der Waals surface area contributed by atoms with Crippen LogP contribution in [0.5, 0.6) is 51.7 Å². The lowest BCUT2D eigenvalue weighted by molar-refractivity contribution is -0.120. The Kier molecular flexibility index (Phi) is 33.9. The lowest BCUT2D eigenvalue weighted by Crippen LogP contribution is -2.52. The van der Waals surface area contributed by atoms with Crippen molar-refractivity contribution in [2.75, 3.05) is 82.1 Å². The molecule has 0 aromatic heterocycles. The summed E-state index contributed by atoms with van der Waals surface area (Å²) in [4.78, 5) is 109. The maximum atomic E-state index is 13.4. The molecule has 16 rings (SSSR count). The van der Waals surface area contributed by atoms with Crippen molar-refractivity contribution in [3.8, 4) is 51.7 Å². The summed E-state index contributed by atoms with van der Waals surface area (Å²) in [6.45, 7) is 2.21. The topological polar surface area (TPSA) is 465 Å². The number of ether oxygens (including phenoxy) is 9. The van der Waals surface area contributed by atoms with Crippen LogP contribution in [0.15, 0.2) is 311 Å². The molecule has 0 bridgehead atoms. The van der Waals surface area contributed by atoms with Crippen molar-refractivity contribution < 1.29 is 115 Å². The molecule has 141 heavy (non-hydrogen) atoms. The molecule has 4 atom stereocenters. The summed E-state index contributed by atoms with van der Waals surface area (Å²) in [7, 11) is -9.04. The highest BCUT2D eigenvalue weighted by Crippen LogP contribution is 2.40. The van der Waals surface area contributed by atoms with E-state index in [4.69, 9.17) is 65.8 Å². The van der Waals surface area contributed by atoms with Gasteiger partial charge in [0.05, 0.1) is 26.8 Å². The molecule has 8 N–H and O–H groups in total. The van der Waals surface area contributed by atoms with E-state index < -0.39 is 112 Å². The highest BCUT2D eigenvalue weighted by molar-refractivity contribution is 7.91. The molecule has 0 saturated carbocycles. The number of rotatable bonds is 29. The number of sulfonamides is 4. The molecule has 43 heteroatoms. The molecule has 4 aliphatic rings. The van der Waals surface area contributed by atoms with E-state index in [-0.39, 0.29) is 77.5 Å². The standard InChI is InChI=1S/C25H25N3O7S.C25H25N3O6S.2C24H22ClN3O6S/c1-28(18-8-13-22-23(15-18)35-16-34-22)24(29)21(14-17-6-4-3-5-7-17)26-25(30)27-36(31,32)20-11-9-19(33-2)10-12-20;1-17-8-11-20(12-9-17)35(31,32)27-25(30)26-21(14-18-6-4-3-5-7-18)24(29)28(2)19-10-13-22-23(15-19)34-16-33-22;1-28(17-11-12-20-21(14-17)34-15-33-20)23(29)19(13-16-7-3-2-4-8-16)26-24(30)27-35(31,32)22-10-6-5-9-18(22)25;1-28(18-9-12-21-22(14-18)34-15-33-21)23(29)20(13-16-5-3-2-4-6-16)26-24(30)27-35(31,32)19-10-7-17(25)8-11-19/h3-13,15,21H,14,16H2,1-2H3,(H2,26,27,30);3-13,15,21H,14,16H2,1-2H3,(H2,26,27,30);2-12,14,19H,13,15H2,1H3,(H2,26,27,30);2-12,14,20H,13,15H2,1H3,(H2,26,27,30)/t2*21-;19-;20-/m0000/s1. The fourth-order valence-corrected chi connectivity index (χ4v) is 18.5. The first-order chi connectivity index (χ1) is 67.5. The van der Waals surface area contributed by atoms with Gasteiger partial charge in [0.2, 0.25) is 50.8 Å². The first-order valence-corrected chi connectivity index (χ1v) is 49.5. The SMILES string of the molecule is CN(C(=O)[C@H](Cc1ccccc1)NC(=O)NS(=O)(=O)c1ccc(Cl)cc1)c1ccc2c(c1)OCO2.CN(C(=O)[C@H](Cc1ccccc1)NC(=O)NS(=O)(=O)c1ccccc1Cl)c1ccc2c(c1)OCO2.COc1ccc(S(=O)(=O)NC(=O)N[C@@H](Cc2ccccc2)C(=O)N(C)c2ccc3c(c2)OCO3)cc1.Cc1ccc(S(=O)(=O)NC(=O)N[C@@H](Cc2ccccc2)C(=O)N(C)c2ccc3c(c2)OCO3)cc1. The molecule has 12 aromatic rings. The predicted molar refractivity (Wildman–Crippen MR) is 522 cm³/mol. The number of carbonyl (C=O) groups excluding carboxylic acids is 8. The van der Waals surface area contributed by atoms with Crippen molar-refractivity contribution in [3.05, 3.63) is 329 Å². The van der Waals surface area contributed by atoms with Crippen molar-refractivity contribution in [2.24, 2.45) is 0 Å². The second-order valence-electron chi connectivity index (χ2n) is 31.4. The molecule has 0 unspecified atom stereocenters. The van der Waals surface area contributed by atoms with Crippen LogP contribution in [-0.2, 0) is 85.0 Å². The van der Waals surface area contributed by atoms with Crippen LogP contribution in [0.25, 0.3) is 0 Å². The molecular formula is C98H94Cl2N12O25S4. The zero-order chi connectivity index (χ0) is 101. The minimum absolute atomic E-state index is 0.0350. The van der Waals surface area contributed by atoms with Crippen molar-refractivity contribution >= 4 is 134 Å².